The molecule has 0 amide bonds. The Balaban J connectivity index is 1.79. The minimum atomic E-state index is -1.37. The molecular weight excluding hydrogens is 274 g/mol. The number of benzene rings is 1. The fourth-order valence-electron chi connectivity index (χ4n) is 1.70. The van der Waals surface area contributed by atoms with Gasteiger partial charge in [-0.05, 0) is 23.8 Å². The third-order valence-electron chi connectivity index (χ3n) is 2.64. The van der Waals surface area contributed by atoms with Crippen LogP contribution in [0.4, 0.5) is 0 Å². The van der Waals surface area contributed by atoms with Gasteiger partial charge in [-0.3, -0.25) is 4.98 Å². The minimum Gasteiger partial charge on any atom is -0.410 e. The van der Waals surface area contributed by atoms with Crippen LogP contribution in [0.3, 0.4) is 0 Å². The first kappa shape index (κ1) is 12.7. The maximum absolute atomic E-state index is 12.1. The molecule has 0 bridgehead atoms. The molecule has 0 radical (unpaired) electrons. The van der Waals surface area contributed by atoms with Crippen LogP contribution < -0.4 is 0 Å². The fraction of sp³-hybridized carbons (Fsp3) is 0.0714. The summed E-state index contributed by atoms with van der Waals surface area (Å²) in [6.45, 7) is 0. The standard InChI is InChI=1S/C14H11N3O2S/c18-20(10-11-5-4-8-15-9-11)14-17-16-13(19-14)12-6-2-1-3-7-12/h1-9H,10H2. The Bertz CT molecular complexity index is 714. The molecule has 0 N–H and O–H groups in total. The molecule has 0 aliphatic heterocycles. The van der Waals surface area contributed by atoms with Gasteiger partial charge in [0.05, 0.1) is 5.75 Å². The number of hydrogen-bond acceptors (Lipinski definition) is 5. The molecule has 3 aromatic rings. The van der Waals surface area contributed by atoms with E-state index in [1.165, 1.54) is 0 Å². The summed E-state index contributed by atoms with van der Waals surface area (Å²) >= 11 is 0. The van der Waals surface area contributed by atoms with Gasteiger partial charge >= 0.3 is 5.22 Å². The first-order valence-electron chi connectivity index (χ1n) is 5.99. The lowest BCUT2D eigenvalue weighted by Gasteiger charge is -1.97. The van der Waals surface area contributed by atoms with Gasteiger partial charge < -0.3 is 4.42 Å². The first-order chi connectivity index (χ1) is 9.83. The fourth-order valence-corrected chi connectivity index (χ4v) is 2.60. The number of nitrogens with zero attached hydrogens (tertiary/aromatic N) is 3. The molecular formula is C14H11N3O2S. The molecule has 2 heterocycles. The lowest BCUT2D eigenvalue weighted by Crippen LogP contribution is -1.97. The molecule has 2 aromatic heterocycles. The van der Waals surface area contributed by atoms with Crippen molar-refractivity contribution in [2.75, 3.05) is 0 Å². The van der Waals surface area contributed by atoms with Crippen molar-refractivity contribution in [2.24, 2.45) is 0 Å². The van der Waals surface area contributed by atoms with Gasteiger partial charge in [0.1, 0.15) is 10.8 Å². The van der Waals surface area contributed by atoms with Crippen LogP contribution in [0.25, 0.3) is 11.5 Å². The zero-order valence-electron chi connectivity index (χ0n) is 10.5. The second-order valence-corrected chi connectivity index (χ2v) is 5.42. The molecule has 1 unspecified atom stereocenters. The van der Waals surface area contributed by atoms with Crippen LogP contribution in [-0.2, 0) is 16.6 Å². The Kier molecular flexibility index (Phi) is 3.64. The van der Waals surface area contributed by atoms with E-state index >= 15 is 0 Å². The van der Waals surface area contributed by atoms with Crippen molar-refractivity contribution >= 4 is 10.8 Å². The van der Waals surface area contributed by atoms with Gasteiger partial charge in [-0.2, -0.15) is 0 Å². The van der Waals surface area contributed by atoms with E-state index in [-0.39, 0.29) is 5.22 Å². The largest absolute Gasteiger partial charge is 0.410 e. The van der Waals surface area contributed by atoms with E-state index in [0.29, 0.717) is 11.6 Å². The highest BCUT2D eigenvalue weighted by Gasteiger charge is 2.14. The molecule has 1 aromatic carbocycles. The van der Waals surface area contributed by atoms with Crippen molar-refractivity contribution in [3.8, 4) is 11.5 Å². The second-order valence-electron chi connectivity index (χ2n) is 4.09. The van der Waals surface area contributed by atoms with Crippen LogP contribution in [0.15, 0.2) is 64.5 Å². The monoisotopic (exact) mass is 285 g/mol. The minimum absolute atomic E-state index is 0.132. The molecule has 1 atom stereocenters. The Labute approximate surface area is 118 Å². The van der Waals surface area contributed by atoms with E-state index in [0.717, 1.165) is 11.1 Å². The summed E-state index contributed by atoms with van der Waals surface area (Å²) < 4.78 is 17.6. The van der Waals surface area contributed by atoms with Gasteiger partial charge in [-0.15, -0.1) is 5.10 Å². The van der Waals surface area contributed by atoms with E-state index < -0.39 is 10.8 Å². The number of pyridine rings is 1. The molecule has 3 rings (SSSR count). The number of rotatable bonds is 4. The molecule has 0 spiro atoms. The van der Waals surface area contributed by atoms with Gasteiger partial charge in [0.25, 0.3) is 0 Å². The van der Waals surface area contributed by atoms with E-state index in [9.17, 15) is 4.21 Å². The average Bonchev–Trinajstić information content (AvgIpc) is 2.99. The molecule has 0 aliphatic carbocycles. The van der Waals surface area contributed by atoms with E-state index in [1.807, 2.05) is 36.4 Å². The highest BCUT2D eigenvalue weighted by Crippen LogP contribution is 2.19. The summed E-state index contributed by atoms with van der Waals surface area (Å²) in [6, 6.07) is 13.1. The zero-order valence-corrected chi connectivity index (χ0v) is 11.3. The lowest BCUT2D eigenvalue weighted by molar-refractivity contribution is 0.455. The summed E-state index contributed by atoms with van der Waals surface area (Å²) in [7, 11) is -1.37. The lowest BCUT2D eigenvalue weighted by atomic mass is 10.2. The Morgan fingerprint density at radius 3 is 2.65 bits per heavy atom. The topological polar surface area (TPSA) is 68.9 Å². The highest BCUT2D eigenvalue weighted by atomic mass is 32.2. The van der Waals surface area contributed by atoms with Crippen molar-refractivity contribution in [3.05, 3.63) is 60.4 Å². The quantitative estimate of drug-likeness (QED) is 0.736. The summed E-state index contributed by atoms with van der Waals surface area (Å²) in [4.78, 5) is 3.98. The zero-order chi connectivity index (χ0) is 13.8. The third kappa shape index (κ3) is 2.80. The maximum atomic E-state index is 12.1. The maximum Gasteiger partial charge on any atom is 0.308 e. The second kappa shape index (κ2) is 5.75. The summed E-state index contributed by atoms with van der Waals surface area (Å²) in [5.74, 6) is 0.685. The number of hydrogen-bond donors (Lipinski definition) is 0. The predicted octanol–water partition coefficient (Wildman–Crippen LogP) is 2.44. The highest BCUT2D eigenvalue weighted by molar-refractivity contribution is 7.84. The van der Waals surface area contributed by atoms with Gasteiger partial charge in [-0.1, -0.05) is 29.4 Å². The van der Waals surface area contributed by atoms with Crippen molar-refractivity contribution in [1.82, 2.24) is 15.2 Å². The summed E-state index contributed by atoms with van der Waals surface area (Å²) in [5.41, 5.74) is 1.68. The molecule has 0 saturated heterocycles. The van der Waals surface area contributed by atoms with E-state index in [1.54, 1.807) is 18.5 Å². The van der Waals surface area contributed by atoms with Gasteiger partial charge in [0, 0.05) is 18.0 Å². The normalized spacial score (nSPS) is 12.2. The molecule has 0 aliphatic rings. The molecule has 5 nitrogen and oxygen atoms in total. The van der Waals surface area contributed by atoms with E-state index in [2.05, 4.69) is 15.2 Å². The Morgan fingerprint density at radius 2 is 1.90 bits per heavy atom. The van der Waals surface area contributed by atoms with Crippen LogP contribution >= 0.6 is 0 Å². The molecule has 20 heavy (non-hydrogen) atoms. The van der Waals surface area contributed by atoms with Crippen LogP contribution in [0.1, 0.15) is 5.56 Å². The SMILES string of the molecule is O=S(Cc1cccnc1)c1nnc(-c2ccccc2)o1. The summed E-state index contributed by atoms with van der Waals surface area (Å²) in [5, 5.41) is 7.91. The van der Waals surface area contributed by atoms with Gasteiger partial charge in [0.2, 0.25) is 5.89 Å². The molecule has 0 fully saturated rings. The van der Waals surface area contributed by atoms with Crippen molar-refractivity contribution < 1.29 is 8.63 Å². The predicted molar refractivity (Wildman–Crippen MR) is 74.1 cm³/mol. The Morgan fingerprint density at radius 1 is 1.05 bits per heavy atom. The summed E-state index contributed by atoms with van der Waals surface area (Å²) in [6.07, 6.45) is 3.35. The smallest absolute Gasteiger partial charge is 0.308 e. The molecule has 100 valence electrons. The van der Waals surface area contributed by atoms with Crippen molar-refractivity contribution in [1.29, 1.82) is 0 Å². The van der Waals surface area contributed by atoms with Crippen LogP contribution in [-0.4, -0.2) is 19.4 Å². The third-order valence-corrected chi connectivity index (χ3v) is 3.79. The van der Waals surface area contributed by atoms with Crippen molar-refractivity contribution in [2.45, 2.75) is 11.0 Å². The van der Waals surface area contributed by atoms with Gasteiger partial charge in [-0.25, -0.2) is 4.21 Å². The molecule has 0 saturated carbocycles. The van der Waals surface area contributed by atoms with Crippen LogP contribution in [0, 0.1) is 0 Å². The van der Waals surface area contributed by atoms with Crippen LogP contribution in [0.2, 0.25) is 0 Å². The van der Waals surface area contributed by atoms with Gasteiger partial charge in [0.15, 0.2) is 0 Å². The molecule has 6 heteroatoms. The van der Waals surface area contributed by atoms with Crippen LogP contribution in [0.5, 0.6) is 0 Å². The first-order valence-corrected chi connectivity index (χ1v) is 7.31. The Hall–Kier alpha value is -2.34. The van der Waals surface area contributed by atoms with E-state index in [4.69, 9.17) is 4.42 Å². The van der Waals surface area contributed by atoms with Crippen molar-refractivity contribution in [3.63, 3.8) is 0 Å². The number of aromatic nitrogens is 3. The average molecular weight is 285 g/mol.